The maximum Gasteiger partial charge on any atom is 0.410 e. The molecule has 0 spiro atoms. The number of aliphatic hydroxyl groups excluding tert-OH is 1. The first kappa shape index (κ1) is 45.5. The van der Waals surface area contributed by atoms with E-state index >= 15 is 8.78 Å². The normalized spacial score (nSPS) is 18.8. The van der Waals surface area contributed by atoms with Crippen molar-refractivity contribution >= 4 is 49.7 Å². The number of amides is 1. The second kappa shape index (κ2) is 17.2. The molecule has 0 radical (unpaired) electrons. The highest BCUT2D eigenvalue weighted by Gasteiger charge is 2.52. The van der Waals surface area contributed by atoms with Crippen molar-refractivity contribution in [1.82, 2.24) is 19.9 Å². The number of anilines is 1. The standard InChI is InChI=1S/C46H61F2N5O7Si2/c1-26(2)62(27(3)4,28(5)6)18-17-32-34(47)15-13-29-19-31(58-24-56-10)20-33(37(29)32)40-39(48)41-38-42(51-44(50-41)59-25-61(11,12)23-54)52-21-30-14-16-35(36(52)22-57-43(38)49-40)53(30)45(55)60-46(7,8)9/h13,15,19-20,26-28,30,35-36,54H,14,16,21-25H2,1-12H3/t30-,35+,36-/m1/s1. The van der Waals surface area contributed by atoms with E-state index in [9.17, 15) is 9.90 Å². The van der Waals surface area contributed by atoms with Gasteiger partial charge in [-0.2, -0.15) is 9.97 Å². The molecular formula is C46H61F2N5O7Si2. The van der Waals surface area contributed by atoms with E-state index < -0.39 is 45.5 Å². The van der Waals surface area contributed by atoms with E-state index in [0.717, 1.165) is 6.42 Å². The fraction of sp³-hybridized carbons (Fsp3) is 0.565. The van der Waals surface area contributed by atoms with E-state index in [1.165, 1.54) is 13.2 Å². The van der Waals surface area contributed by atoms with Crippen LogP contribution in [-0.4, -0.2) is 110 Å². The number of aliphatic hydroxyl groups is 1. The molecule has 62 heavy (non-hydrogen) atoms. The van der Waals surface area contributed by atoms with E-state index in [-0.39, 0.29) is 94.2 Å². The van der Waals surface area contributed by atoms with Crippen LogP contribution in [0, 0.1) is 23.1 Å². The first-order valence-corrected chi connectivity index (χ1v) is 27.3. The molecule has 16 heteroatoms. The van der Waals surface area contributed by atoms with Crippen LogP contribution in [-0.2, 0) is 9.47 Å². The predicted octanol–water partition coefficient (Wildman–Crippen LogP) is 9.18. The van der Waals surface area contributed by atoms with E-state index in [0.29, 0.717) is 35.3 Å². The van der Waals surface area contributed by atoms with Crippen molar-refractivity contribution in [2.24, 2.45) is 0 Å². The molecule has 3 aliphatic rings. The zero-order valence-corrected chi connectivity index (χ0v) is 40.1. The van der Waals surface area contributed by atoms with Crippen LogP contribution in [0.4, 0.5) is 19.4 Å². The number of fused-ring (bicyclic) bond motifs is 6. The number of pyridine rings is 1. The fourth-order valence-electron chi connectivity index (χ4n) is 9.75. The Morgan fingerprint density at radius 3 is 2.34 bits per heavy atom. The number of hydrogen-bond acceptors (Lipinski definition) is 11. The van der Waals surface area contributed by atoms with E-state index in [4.69, 9.17) is 38.6 Å². The molecular weight excluding hydrogens is 829 g/mol. The van der Waals surface area contributed by atoms with Crippen molar-refractivity contribution in [3.63, 3.8) is 0 Å². The van der Waals surface area contributed by atoms with Crippen LogP contribution in [0.25, 0.3) is 32.9 Å². The summed E-state index contributed by atoms with van der Waals surface area (Å²) < 4.78 is 64.2. The van der Waals surface area contributed by atoms with Crippen LogP contribution in [0.3, 0.4) is 0 Å². The van der Waals surface area contributed by atoms with Gasteiger partial charge in [-0.15, -0.1) is 5.54 Å². The summed E-state index contributed by atoms with van der Waals surface area (Å²) in [5.74, 6) is 2.81. The van der Waals surface area contributed by atoms with Gasteiger partial charge in [0.25, 0.3) is 0 Å². The summed E-state index contributed by atoms with van der Waals surface area (Å²) in [6.45, 7) is 23.0. The quantitative estimate of drug-likeness (QED) is 0.0880. The van der Waals surface area contributed by atoms with Crippen LogP contribution >= 0.6 is 0 Å². The van der Waals surface area contributed by atoms with Gasteiger partial charge < -0.3 is 33.7 Å². The average Bonchev–Trinajstić information content (AvgIpc) is 3.44. The molecule has 5 heterocycles. The minimum absolute atomic E-state index is 0.0304. The van der Waals surface area contributed by atoms with Crippen molar-refractivity contribution in [3.8, 4) is 40.4 Å². The van der Waals surface area contributed by atoms with Crippen LogP contribution in [0.15, 0.2) is 24.3 Å². The lowest BCUT2D eigenvalue weighted by atomic mass is 9.95. The smallest absolute Gasteiger partial charge is 0.410 e. The Hall–Kier alpha value is -4.57. The number of rotatable bonds is 11. The third kappa shape index (κ3) is 8.33. The molecule has 2 aromatic carbocycles. The summed E-state index contributed by atoms with van der Waals surface area (Å²) >= 11 is 0. The summed E-state index contributed by atoms with van der Waals surface area (Å²) in [7, 11) is -3.09. The number of halogens is 2. The Bertz CT molecular complexity index is 2410. The van der Waals surface area contributed by atoms with Gasteiger partial charge in [0.2, 0.25) is 5.88 Å². The number of hydrogen-bond donors (Lipinski definition) is 1. The molecule has 1 amide bonds. The summed E-state index contributed by atoms with van der Waals surface area (Å²) in [6, 6.07) is 5.44. The van der Waals surface area contributed by atoms with Gasteiger partial charge in [0.05, 0.1) is 29.9 Å². The third-order valence-electron chi connectivity index (χ3n) is 12.7. The maximum absolute atomic E-state index is 17.9. The number of ether oxygens (including phenoxy) is 5. The van der Waals surface area contributed by atoms with Crippen LogP contribution in [0.2, 0.25) is 29.7 Å². The van der Waals surface area contributed by atoms with E-state index in [1.807, 2.05) is 38.8 Å². The van der Waals surface area contributed by atoms with Crippen LogP contribution in [0.1, 0.15) is 80.7 Å². The molecule has 0 saturated carbocycles. The molecule has 1 N–H and O–H groups in total. The van der Waals surface area contributed by atoms with Gasteiger partial charge in [-0.3, -0.25) is 4.90 Å². The lowest BCUT2D eigenvalue weighted by Crippen LogP contribution is -2.63. The first-order chi connectivity index (χ1) is 29.2. The number of methoxy groups -OCH3 is 1. The monoisotopic (exact) mass is 889 g/mol. The Morgan fingerprint density at radius 1 is 0.984 bits per heavy atom. The SMILES string of the molecule is COCOc1cc(-c2nc3c4c(nc(OC[Si](C)(C)CO)nc4c2F)N2C[C@H]4CC[C@@H]([C@H]2CO3)N4C(=O)OC(C)(C)C)c2c(C#C[Si](C(C)C)(C(C)C)C(C)C)c(F)ccc2c1. The number of piperazine rings is 1. The highest BCUT2D eigenvalue weighted by molar-refractivity contribution is 6.90. The average molecular weight is 890 g/mol. The number of carbonyl (C=O) groups excluding carboxylic acids is 1. The number of benzene rings is 2. The Labute approximate surface area is 365 Å². The van der Waals surface area contributed by atoms with Crippen molar-refractivity contribution < 1.29 is 42.4 Å². The maximum atomic E-state index is 17.9. The summed E-state index contributed by atoms with van der Waals surface area (Å²) in [4.78, 5) is 32.1. The Morgan fingerprint density at radius 2 is 1.69 bits per heavy atom. The lowest BCUT2D eigenvalue weighted by molar-refractivity contribution is 0.00538. The van der Waals surface area contributed by atoms with Gasteiger partial charge in [-0.25, -0.2) is 18.6 Å². The molecule has 3 aliphatic heterocycles. The summed E-state index contributed by atoms with van der Waals surface area (Å²) in [6.07, 6.45) is 1.20. The molecule has 4 aromatic rings. The Balaban J connectivity index is 1.48. The molecule has 2 bridgehead atoms. The van der Waals surface area contributed by atoms with Crippen molar-refractivity contribution in [2.75, 3.05) is 44.4 Å². The summed E-state index contributed by atoms with van der Waals surface area (Å²) in [5.41, 5.74) is 3.98. The van der Waals surface area contributed by atoms with Gasteiger partial charge in [-0.1, -0.05) is 66.6 Å². The van der Waals surface area contributed by atoms with Gasteiger partial charge in [0.1, 0.15) is 62.3 Å². The van der Waals surface area contributed by atoms with Gasteiger partial charge in [0, 0.05) is 30.8 Å². The molecule has 0 unspecified atom stereocenters. The van der Waals surface area contributed by atoms with E-state index in [2.05, 4.69) is 57.9 Å². The van der Waals surface area contributed by atoms with Gasteiger partial charge in [0.15, 0.2) is 12.6 Å². The molecule has 7 rings (SSSR count). The molecule has 0 aliphatic carbocycles. The molecule has 12 nitrogen and oxygen atoms in total. The third-order valence-corrected chi connectivity index (χ3v) is 20.8. The minimum atomic E-state index is -2.35. The molecule has 2 aromatic heterocycles. The second-order valence-corrected chi connectivity index (χ2v) is 30.2. The fourth-order valence-corrected chi connectivity index (χ4v) is 15.6. The summed E-state index contributed by atoms with van der Waals surface area (Å²) in [5, 5.41) is 11.3. The molecule has 3 atom stereocenters. The highest BCUT2D eigenvalue weighted by atomic mass is 28.3. The lowest BCUT2D eigenvalue weighted by Gasteiger charge is -2.46. The van der Waals surface area contributed by atoms with E-state index in [1.54, 1.807) is 18.2 Å². The zero-order valence-electron chi connectivity index (χ0n) is 38.1. The van der Waals surface area contributed by atoms with Crippen molar-refractivity contribution in [1.29, 1.82) is 0 Å². The van der Waals surface area contributed by atoms with Gasteiger partial charge in [-0.05, 0) is 73.8 Å². The second-order valence-electron chi connectivity index (χ2n) is 19.7. The van der Waals surface area contributed by atoms with Crippen molar-refractivity contribution in [2.45, 2.75) is 129 Å². The minimum Gasteiger partial charge on any atom is -0.475 e. The van der Waals surface area contributed by atoms with Crippen molar-refractivity contribution in [3.05, 3.63) is 41.5 Å². The zero-order chi connectivity index (χ0) is 45.1. The highest BCUT2D eigenvalue weighted by Crippen LogP contribution is 2.47. The molecule has 334 valence electrons. The largest absolute Gasteiger partial charge is 0.475 e. The number of carbonyl (C=O) groups is 1. The topological polar surface area (TPSA) is 129 Å². The van der Waals surface area contributed by atoms with Crippen LogP contribution < -0.4 is 19.1 Å². The first-order valence-electron chi connectivity index (χ1n) is 21.7. The predicted molar refractivity (Wildman–Crippen MR) is 242 cm³/mol. The molecule has 2 fully saturated rings. The number of aromatic nitrogens is 3. The number of nitrogens with zero attached hydrogens (tertiary/aromatic N) is 5. The Kier molecular flexibility index (Phi) is 12.6. The van der Waals surface area contributed by atoms with Gasteiger partial charge >= 0.3 is 12.1 Å². The molecule has 2 saturated heterocycles. The van der Waals surface area contributed by atoms with Crippen LogP contribution in [0.5, 0.6) is 17.6 Å².